The van der Waals surface area contributed by atoms with Gasteiger partial charge in [0.2, 0.25) is 5.91 Å². The maximum absolute atomic E-state index is 11.7. The van der Waals surface area contributed by atoms with E-state index in [0.717, 1.165) is 0 Å². The molecule has 17 heavy (non-hydrogen) atoms. The Morgan fingerprint density at radius 3 is 2.47 bits per heavy atom. The Kier molecular flexibility index (Phi) is 7.13. The third-order valence-electron chi connectivity index (χ3n) is 1.99. The number of hydrogen-bond donors (Lipinski definition) is 1. The number of carbonyl (C=O) groups excluding carboxylic acids is 1. The lowest BCUT2D eigenvalue weighted by Gasteiger charge is -2.17. The molecule has 0 rings (SSSR count). The molecule has 0 aliphatic heterocycles. The summed E-state index contributed by atoms with van der Waals surface area (Å²) in [4.78, 5) is 12.8. The van der Waals surface area contributed by atoms with E-state index in [1.54, 1.807) is 21.0 Å². The number of likely N-dealkylation sites (N-methyl/N-ethyl adjacent to an activating group) is 1. The smallest absolute Gasteiger partial charge is 0.372 e. The average Bonchev–Trinajstić information content (AvgIpc) is 2.19. The molecule has 0 heterocycles. The standard InChI is InChI=1S/C10H19F3N2O2/c1-8(9(16)15(2)3)14-5-4-6-17-7-10(11,12)13/h8,14H,4-7H2,1-3H3. The number of alkyl halides is 3. The molecule has 0 radical (unpaired) electrons. The maximum atomic E-state index is 11.7. The molecule has 0 saturated carbocycles. The number of amides is 1. The first-order valence-corrected chi connectivity index (χ1v) is 5.33. The van der Waals surface area contributed by atoms with Crippen molar-refractivity contribution in [2.24, 2.45) is 0 Å². The number of rotatable bonds is 7. The molecule has 0 aromatic rings. The molecule has 0 bridgehead atoms. The van der Waals surface area contributed by atoms with Gasteiger partial charge in [0.25, 0.3) is 0 Å². The fourth-order valence-corrected chi connectivity index (χ4v) is 1.16. The second kappa shape index (κ2) is 7.50. The Balaban J connectivity index is 3.49. The molecular formula is C10H19F3N2O2. The largest absolute Gasteiger partial charge is 0.411 e. The van der Waals surface area contributed by atoms with Gasteiger partial charge in [-0.25, -0.2) is 0 Å². The number of hydrogen-bond acceptors (Lipinski definition) is 3. The third kappa shape index (κ3) is 8.93. The van der Waals surface area contributed by atoms with Gasteiger partial charge in [-0.15, -0.1) is 0 Å². The molecule has 0 aliphatic carbocycles. The van der Waals surface area contributed by atoms with Crippen LogP contribution < -0.4 is 5.32 Å². The number of ether oxygens (including phenoxy) is 1. The zero-order valence-corrected chi connectivity index (χ0v) is 10.3. The second-order valence-corrected chi connectivity index (χ2v) is 3.93. The summed E-state index contributed by atoms with van der Waals surface area (Å²) in [5.41, 5.74) is 0. The third-order valence-corrected chi connectivity index (χ3v) is 1.99. The SMILES string of the molecule is CC(NCCCOCC(F)(F)F)C(=O)N(C)C. The lowest BCUT2D eigenvalue weighted by molar-refractivity contribution is -0.173. The van der Waals surface area contributed by atoms with Crippen LogP contribution >= 0.6 is 0 Å². The van der Waals surface area contributed by atoms with Crippen LogP contribution in [-0.2, 0) is 9.53 Å². The van der Waals surface area contributed by atoms with E-state index in [1.165, 1.54) is 4.90 Å². The van der Waals surface area contributed by atoms with Crippen molar-refractivity contribution in [2.45, 2.75) is 25.6 Å². The quantitative estimate of drug-likeness (QED) is 0.691. The predicted molar refractivity (Wildman–Crippen MR) is 57.6 cm³/mol. The molecule has 7 heteroatoms. The van der Waals surface area contributed by atoms with Gasteiger partial charge < -0.3 is 15.0 Å². The van der Waals surface area contributed by atoms with Gasteiger partial charge in [0.15, 0.2) is 0 Å². The summed E-state index contributed by atoms with van der Waals surface area (Å²) in [6, 6.07) is -0.340. The minimum Gasteiger partial charge on any atom is -0.372 e. The topological polar surface area (TPSA) is 41.6 Å². The van der Waals surface area contributed by atoms with Gasteiger partial charge in [-0.1, -0.05) is 0 Å². The fourth-order valence-electron chi connectivity index (χ4n) is 1.16. The second-order valence-electron chi connectivity index (χ2n) is 3.93. The van der Waals surface area contributed by atoms with Gasteiger partial charge in [0.05, 0.1) is 6.04 Å². The molecule has 1 atom stereocenters. The summed E-state index contributed by atoms with van der Waals surface area (Å²) in [5, 5.41) is 2.91. The van der Waals surface area contributed by atoms with E-state index in [0.29, 0.717) is 13.0 Å². The lowest BCUT2D eigenvalue weighted by Crippen LogP contribution is -2.42. The van der Waals surface area contributed by atoms with Crippen LogP contribution in [-0.4, -0.2) is 56.9 Å². The summed E-state index contributed by atoms with van der Waals surface area (Å²) in [6.45, 7) is 0.950. The van der Waals surface area contributed by atoms with Gasteiger partial charge in [0.1, 0.15) is 6.61 Å². The molecule has 102 valence electrons. The monoisotopic (exact) mass is 256 g/mol. The van der Waals surface area contributed by atoms with Crippen LogP contribution in [0.2, 0.25) is 0 Å². The van der Waals surface area contributed by atoms with E-state index < -0.39 is 12.8 Å². The molecule has 0 aromatic carbocycles. The Labute approximate surface area is 99.1 Å². The Hall–Kier alpha value is -0.820. The van der Waals surface area contributed by atoms with Gasteiger partial charge >= 0.3 is 6.18 Å². The van der Waals surface area contributed by atoms with Crippen molar-refractivity contribution in [1.82, 2.24) is 10.2 Å². The Morgan fingerprint density at radius 2 is 2.00 bits per heavy atom. The summed E-state index contributed by atoms with van der Waals surface area (Å²) in [7, 11) is 3.29. The van der Waals surface area contributed by atoms with E-state index in [2.05, 4.69) is 10.1 Å². The highest BCUT2D eigenvalue weighted by Crippen LogP contribution is 2.14. The Morgan fingerprint density at radius 1 is 1.41 bits per heavy atom. The van der Waals surface area contributed by atoms with Gasteiger partial charge in [-0.2, -0.15) is 13.2 Å². The summed E-state index contributed by atoms with van der Waals surface area (Å²) in [5.74, 6) is -0.0683. The van der Waals surface area contributed by atoms with Crippen molar-refractivity contribution in [3.8, 4) is 0 Å². The van der Waals surface area contributed by atoms with Crippen LogP contribution in [0.4, 0.5) is 13.2 Å². The van der Waals surface area contributed by atoms with Gasteiger partial charge in [-0.05, 0) is 19.9 Å². The normalized spacial score (nSPS) is 13.5. The zero-order valence-electron chi connectivity index (χ0n) is 10.3. The number of carbonyl (C=O) groups is 1. The zero-order chi connectivity index (χ0) is 13.5. The van der Waals surface area contributed by atoms with E-state index >= 15 is 0 Å². The minimum absolute atomic E-state index is 0.0232. The molecular weight excluding hydrogens is 237 g/mol. The molecule has 0 saturated heterocycles. The molecule has 1 unspecified atom stereocenters. The molecule has 0 spiro atoms. The van der Waals surface area contributed by atoms with Crippen LogP contribution in [0.5, 0.6) is 0 Å². The van der Waals surface area contributed by atoms with Crippen molar-refractivity contribution in [1.29, 1.82) is 0 Å². The molecule has 0 fully saturated rings. The Bertz CT molecular complexity index is 232. The maximum Gasteiger partial charge on any atom is 0.411 e. The van der Waals surface area contributed by atoms with E-state index in [9.17, 15) is 18.0 Å². The van der Waals surface area contributed by atoms with E-state index in [-0.39, 0.29) is 18.6 Å². The summed E-state index contributed by atoms with van der Waals surface area (Å²) < 4.78 is 39.5. The number of nitrogens with zero attached hydrogens (tertiary/aromatic N) is 1. The molecule has 4 nitrogen and oxygen atoms in total. The van der Waals surface area contributed by atoms with Crippen molar-refractivity contribution in [3.63, 3.8) is 0 Å². The van der Waals surface area contributed by atoms with Crippen LogP contribution in [0, 0.1) is 0 Å². The molecule has 0 aromatic heterocycles. The van der Waals surface area contributed by atoms with Crippen LogP contribution in [0.25, 0.3) is 0 Å². The first kappa shape index (κ1) is 16.2. The van der Waals surface area contributed by atoms with Crippen LogP contribution in [0.3, 0.4) is 0 Å². The molecule has 0 aliphatic rings. The number of halogens is 3. The van der Waals surface area contributed by atoms with Gasteiger partial charge in [0, 0.05) is 20.7 Å². The van der Waals surface area contributed by atoms with E-state index in [4.69, 9.17) is 0 Å². The fraction of sp³-hybridized carbons (Fsp3) is 0.900. The van der Waals surface area contributed by atoms with Crippen molar-refractivity contribution >= 4 is 5.91 Å². The first-order valence-electron chi connectivity index (χ1n) is 5.33. The van der Waals surface area contributed by atoms with Crippen molar-refractivity contribution in [2.75, 3.05) is 33.9 Å². The first-order chi connectivity index (χ1) is 7.74. The highest BCUT2D eigenvalue weighted by atomic mass is 19.4. The van der Waals surface area contributed by atoms with Gasteiger partial charge in [-0.3, -0.25) is 4.79 Å². The molecule has 1 amide bonds. The van der Waals surface area contributed by atoms with Crippen LogP contribution in [0.15, 0.2) is 0 Å². The summed E-state index contributed by atoms with van der Waals surface area (Å²) in [6.07, 6.45) is -3.84. The van der Waals surface area contributed by atoms with Crippen molar-refractivity contribution < 1.29 is 22.7 Å². The predicted octanol–water partition coefficient (Wildman–Crippen LogP) is 1.02. The molecule has 1 N–H and O–H groups in total. The van der Waals surface area contributed by atoms with Crippen molar-refractivity contribution in [3.05, 3.63) is 0 Å². The minimum atomic E-state index is -4.28. The highest BCUT2D eigenvalue weighted by Gasteiger charge is 2.27. The highest BCUT2D eigenvalue weighted by molar-refractivity contribution is 5.80. The average molecular weight is 256 g/mol. The van der Waals surface area contributed by atoms with E-state index in [1.807, 2.05) is 0 Å². The lowest BCUT2D eigenvalue weighted by atomic mass is 10.3. The number of nitrogens with one attached hydrogen (secondary N) is 1. The summed E-state index contributed by atoms with van der Waals surface area (Å²) >= 11 is 0. The van der Waals surface area contributed by atoms with Crippen LogP contribution in [0.1, 0.15) is 13.3 Å².